The molecule has 0 amide bonds. The first-order valence-corrected chi connectivity index (χ1v) is 7.91. The maximum Gasteiger partial charge on any atom is 0.153 e. The van der Waals surface area contributed by atoms with Crippen LogP contribution < -0.4 is 0 Å². The van der Waals surface area contributed by atoms with Crippen LogP contribution in [-0.4, -0.2) is 25.8 Å². The zero-order valence-electron chi connectivity index (χ0n) is 6.38. The van der Waals surface area contributed by atoms with Crippen molar-refractivity contribution in [2.75, 3.05) is 23.0 Å². The molecule has 0 aromatic carbocycles. The molecule has 2 aliphatic heterocycles. The van der Waals surface area contributed by atoms with E-state index in [-0.39, 0.29) is 0 Å². The van der Waals surface area contributed by atoms with Crippen LogP contribution in [0.1, 0.15) is 12.8 Å². The monoisotopic (exact) mass is 224 g/mol. The number of hydrogen-bond donors (Lipinski definition) is 0. The van der Waals surface area contributed by atoms with Crippen molar-refractivity contribution >= 4 is 47.0 Å². The molecule has 0 nitrogen and oxygen atoms in total. The molecule has 0 bridgehead atoms. The average molecular weight is 224 g/mol. The first-order valence-electron chi connectivity index (χ1n) is 3.97. The van der Waals surface area contributed by atoms with Crippen LogP contribution in [0.2, 0.25) is 0 Å². The van der Waals surface area contributed by atoms with Gasteiger partial charge in [0.25, 0.3) is 0 Å². The van der Waals surface area contributed by atoms with Crippen LogP contribution >= 0.6 is 47.0 Å². The molecule has 0 saturated carbocycles. The number of hydrogen-bond acceptors (Lipinski definition) is 4. The van der Waals surface area contributed by atoms with Gasteiger partial charge in [-0.3, -0.25) is 0 Å². The Bertz CT molecular complexity index is 105. The van der Waals surface area contributed by atoms with Crippen molar-refractivity contribution in [3.05, 3.63) is 0 Å². The molecule has 0 aliphatic carbocycles. The molecule has 4 heteroatoms. The lowest BCUT2D eigenvalue weighted by Crippen LogP contribution is -2.21. The molecule has 11 heavy (non-hydrogen) atoms. The van der Waals surface area contributed by atoms with Crippen molar-refractivity contribution in [1.82, 2.24) is 0 Å². The molecule has 2 rings (SSSR count). The van der Waals surface area contributed by atoms with Crippen molar-refractivity contribution in [2.45, 2.75) is 15.6 Å². The van der Waals surface area contributed by atoms with Crippen molar-refractivity contribution in [3.63, 3.8) is 0 Å². The topological polar surface area (TPSA) is 0 Å². The molecule has 0 aromatic rings. The van der Waals surface area contributed by atoms with Gasteiger partial charge in [-0.1, -0.05) is 0 Å². The standard InChI is InChI=1S/C7H12S4/c1-3-8-7(9-4-1)10-5-2-6-11-7/h1-6H2. The molecule has 2 heterocycles. The Kier molecular flexibility index (Phi) is 3.32. The summed E-state index contributed by atoms with van der Waals surface area (Å²) in [5.74, 6) is 5.53. The van der Waals surface area contributed by atoms with Gasteiger partial charge >= 0.3 is 0 Å². The molecule has 0 aromatic heterocycles. The normalized spacial score (nSPS) is 30.5. The quantitative estimate of drug-likeness (QED) is 0.618. The van der Waals surface area contributed by atoms with Crippen molar-refractivity contribution in [2.24, 2.45) is 0 Å². The van der Waals surface area contributed by atoms with Crippen LogP contribution in [0.25, 0.3) is 0 Å². The Hall–Kier alpha value is 1.40. The van der Waals surface area contributed by atoms with Crippen LogP contribution in [0.5, 0.6) is 0 Å². The minimum Gasteiger partial charge on any atom is -0.123 e. The largest absolute Gasteiger partial charge is 0.153 e. The molecule has 2 aliphatic rings. The predicted molar refractivity (Wildman–Crippen MR) is 61.8 cm³/mol. The fourth-order valence-corrected chi connectivity index (χ4v) is 8.68. The van der Waals surface area contributed by atoms with E-state index >= 15 is 0 Å². The lowest BCUT2D eigenvalue weighted by atomic mass is 10.6. The van der Waals surface area contributed by atoms with Gasteiger partial charge in [0.05, 0.1) is 0 Å². The van der Waals surface area contributed by atoms with E-state index in [0.29, 0.717) is 2.74 Å². The SMILES string of the molecule is C1CSC2(SC1)SCCCS2. The Morgan fingerprint density at radius 2 is 1.00 bits per heavy atom. The number of rotatable bonds is 0. The summed E-state index contributed by atoms with van der Waals surface area (Å²) in [5.41, 5.74) is 0. The molecule has 0 radical (unpaired) electrons. The van der Waals surface area contributed by atoms with E-state index in [1.54, 1.807) is 0 Å². The highest BCUT2D eigenvalue weighted by molar-refractivity contribution is 8.48. The summed E-state index contributed by atoms with van der Waals surface area (Å²) in [4.78, 5) is 0. The van der Waals surface area contributed by atoms with Crippen LogP contribution in [0.4, 0.5) is 0 Å². The van der Waals surface area contributed by atoms with E-state index in [4.69, 9.17) is 0 Å². The smallest absolute Gasteiger partial charge is 0.123 e. The van der Waals surface area contributed by atoms with Crippen LogP contribution in [0.3, 0.4) is 0 Å². The second kappa shape index (κ2) is 4.07. The lowest BCUT2D eigenvalue weighted by Gasteiger charge is -2.37. The van der Waals surface area contributed by atoms with E-state index in [1.807, 2.05) is 0 Å². The summed E-state index contributed by atoms with van der Waals surface area (Å²) in [6.45, 7) is 0. The van der Waals surface area contributed by atoms with Gasteiger partial charge in [-0.15, -0.1) is 47.0 Å². The lowest BCUT2D eigenvalue weighted by molar-refractivity contribution is 1.09. The van der Waals surface area contributed by atoms with Crippen LogP contribution in [0, 0.1) is 0 Å². The highest BCUT2D eigenvalue weighted by atomic mass is 32.3. The van der Waals surface area contributed by atoms with Gasteiger partial charge in [0.2, 0.25) is 0 Å². The van der Waals surface area contributed by atoms with Gasteiger partial charge in [0.15, 0.2) is 2.74 Å². The van der Waals surface area contributed by atoms with E-state index in [1.165, 1.54) is 35.9 Å². The molecular formula is C7H12S4. The van der Waals surface area contributed by atoms with Gasteiger partial charge in [-0.2, -0.15) is 0 Å². The van der Waals surface area contributed by atoms with Crippen LogP contribution in [0.15, 0.2) is 0 Å². The minimum absolute atomic E-state index is 0.524. The summed E-state index contributed by atoms with van der Waals surface area (Å²) in [6, 6.07) is 0. The second-order valence-electron chi connectivity index (χ2n) is 2.60. The fraction of sp³-hybridized carbons (Fsp3) is 1.00. The van der Waals surface area contributed by atoms with Crippen molar-refractivity contribution in [3.8, 4) is 0 Å². The summed E-state index contributed by atoms with van der Waals surface area (Å²) < 4.78 is 0.524. The maximum absolute atomic E-state index is 2.18. The Morgan fingerprint density at radius 3 is 1.36 bits per heavy atom. The van der Waals surface area contributed by atoms with Gasteiger partial charge < -0.3 is 0 Å². The predicted octanol–water partition coefficient (Wildman–Crippen LogP) is 3.34. The third-order valence-electron chi connectivity index (χ3n) is 1.69. The third-order valence-corrected chi connectivity index (χ3v) is 9.32. The first-order chi connectivity index (χ1) is 5.41. The molecule has 0 N–H and O–H groups in total. The number of thioether (sulfide) groups is 4. The van der Waals surface area contributed by atoms with Crippen molar-refractivity contribution in [1.29, 1.82) is 0 Å². The summed E-state index contributed by atoms with van der Waals surface area (Å²) in [7, 11) is 0. The highest BCUT2D eigenvalue weighted by Gasteiger charge is 2.36. The third kappa shape index (κ3) is 2.20. The van der Waals surface area contributed by atoms with E-state index in [2.05, 4.69) is 47.0 Å². The van der Waals surface area contributed by atoms with Gasteiger partial charge in [-0.05, 0) is 35.9 Å². The van der Waals surface area contributed by atoms with E-state index in [9.17, 15) is 0 Å². The Morgan fingerprint density at radius 1 is 0.636 bits per heavy atom. The zero-order chi connectivity index (χ0) is 7.57. The average Bonchev–Trinajstić information content (AvgIpc) is 2.07. The summed E-state index contributed by atoms with van der Waals surface area (Å²) >= 11 is 8.70. The van der Waals surface area contributed by atoms with E-state index in [0.717, 1.165) is 0 Å². The Labute approximate surface area is 85.4 Å². The second-order valence-corrected chi connectivity index (χ2v) is 9.39. The Balaban J connectivity index is 1.94. The van der Waals surface area contributed by atoms with Crippen molar-refractivity contribution < 1.29 is 0 Å². The highest BCUT2D eigenvalue weighted by Crippen LogP contribution is 2.59. The summed E-state index contributed by atoms with van der Waals surface area (Å²) in [6.07, 6.45) is 2.83. The first kappa shape index (κ1) is 8.97. The van der Waals surface area contributed by atoms with Gasteiger partial charge in [0.1, 0.15) is 0 Å². The molecule has 64 valence electrons. The molecule has 0 unspecified atom stereocenters. The zero-order valence-corrected chi connectivity index (χ0v) is 9.64. The molecule has 2 fully saturated rings. The van der Waals surface area contributed by atoms with Gasteiger partial charge in [0, 0.05) is 0 Å². The van der Waals surface area contributed by atoms with Gasteiger partial charge in [-0.25, -0.2) is 0 Å². The molecule has 2 saturated heterocycles. The van der Waals surface area contributed by atoms with Crippen LogP contribution in [-0.2, 0) is 0 Å². The molecule has 0 atom stereocenters. The summed E-state index contributed by atoms with van der Waals surface area (Å²) in [5, 5.41) is 0. The molecular weight excluding hydrogens is 212 g/mol. The minimum atomic E-state index is 0.524. The molecule has 1 spiro atoms. The maximum atomic E-state index is 2.18. The fourth-order valence-electron chi connectivity index (χ4n) is 1.16. The van der Waals surface area contributed by atoms with E-state index < -0.39 is 0 Å².